The first-order chi connectivity index (χ1) is 10.7. The summed E-state index contributed by atoms with van der Waals surface area (Å²) in [4.78, 5) is 4.56. The number of anilines is 1. The Kier molecular flexibility index (Phi) is 4.08. The Morgan fingerprint density at radius 3 is 3.05 bits per heavy atom. The molecule has 1 aliphatic rings. The molecule has 4 heteroatoms. The van der Waals surface area contributed by atoms with Crippen molar-refractivity contribution in [2.24, 2.45) is 5.92 Å². The van der Waals surface area contributed by atoms with Gasteiger partial charge in [0.1, 0.15) is 0 Å². The van der Waals surface area contributed by atoms with Crippen LogP contribution in [-0.4, -0.2) is 4.98 Å². The van der Waals surface area contributed by atoms with Gasteiger partial charge in [-0.2, -0.15) is 5.26 Å². The monoisotopic (exact) mass is 307 g/mol. The van der Waals surface area contributed by atoms with Gasteiger partial charge < -0.3 is 5.32 Å². The summed E-state index contributed by atoms with van der Waals surface area (Å²) in [6, 6.07) is 7.70. The summed E-state index contributed by atoms with van der Waals surface area (Å²) < 4.78 is 1.01. The van der Waals surface area contributed by atoms with Gasteiger partial charge in [0.15, 0.2) is 5.13 Å². The van der Waals surface area contributed by atoms with Crippen molar-refractivity contribution in [3.05, 3.63) is 59.8 Å². The fourth-order valence-corrected chi connectivity index (χ4v) is 3.39. The Morgan fingerprint density at radius 2 is 2.32 bits per heavy atom. The molecule has 1 aromatic heterocycles. The lowest BCUT2D eigenvalue weighted by Gasteiger charge is -2.18. The molecule has 0 amide bonds. The second-order valence-electron chi connectivity index (χ2n) is 5.37. The Balaban J connectivity index is 1.78. The van der Waals surface area contributed by atoms with Gasteiger partial charge in [-0.15, -0.1) is 0 Å². The standard InChI is InChI=1S/C18H17N3S/c1-12(15-6-4-3-5-7-15)13(2)20-18-21-16-9-8-14(11-19)10-17(16)22-18/h4,6-10,12H,2-3,5H2,1H3,(H,20,21). The molecule has 0 aliphatic heterocycles. The van der Waals surface area contributed by atoms with Crippen LogP contribution in [0.3, 0.4) is 0 Å². The van der Waals surface area contributed by atoms with Crippen molar-refractivity contribution < 1.29 is 0 Å². The Bertz CT molecular complexity index is 820. The summed E-state index contributed by atoms with van der Waals surface area (Å²) in [6.45, 7) is 6.31. The van der Waals surface area contributed by atoms with Gasteiger partial charge in [-0.3, -0.25) is 0 Å². The summed E-state index contributed by atoms with van der Waals surface area (Å²) in [5.41, 5.74) is 3.81. The summed E-state index contributed by atoms with van der Waals surface area (Å²) >= 11 is 1.55. The number of hydrogen-bond donors (Lipinski definition) is 1. The molecule has 1 atom stereocenters. The number of benzene rings is 1. The van der Waals surface area contributed by atoms with Crippen LogP contribution in [0.2, 0.25) is 0 Å². The largest absolute Gasteiger partial charge is 0.335 e. The first-order valence-electron chi connectivity index (χ1n) is 7.30. The number of rotatable bonds is 4. The van der Waals surface area contributed by atoms with E-state index in [0.717, 1.165) is 33.9 Å². The zero-order chi connectivity index (χ0) is 15.5. The van der Waals surface area contributed by atoms with Gasteiger partial charge in [-0.05, 0) is 36.6 Å². The molecule has 1 aromatic carbocycles. The molecule has 1 aliphatic carbocycles. The third-order valence-corrected chi connectivity index (χ3v) is 4.76. The van der Waals surface area contributed by atoms with E-state index in [1.54, 1.807) is 17.4 Å². The van der Waals surface area contributed by atoms with Crippen molar-refractivity contribution in [1.29, 1.82) is 5.26 Å². The third-order valence-electron chi connectivity index (χ3n) is 3.83. The van der Waals surface area contributed by atoms with Gasteiger partial charge in [-0.25, -0.2) is 4.98 Å². The topological polar surface area (TPSA) is 48.7 Å². The summed E-state index contributed by atoms with van der Waals surface area (Å²) in [5.74, 6) is 0.248. The predicted molar refractivity (Wildman–Crippen MR) is 92.7 cm³/mol. The van der Waals surface area contributed by atoms with Crippen LogP contribution in [0.1, 0.15) is 25.3 Å². The Labute approximate surface area is 134 Å². The highest BCUT2D eigenvalue weighted by Gasteiger charge is 2.13. The molecule has 0 bridgehead atoms. The highest BCUT2D eigenvalue weighted by atomic mass is 32.1. The number of allylic oxidation sites excluding steroid dienone is 4. The molecule has 3 nitrogen and oxygen atoms in total. The summed E-state index contributed by atoms with van der Waals surface area (Å²) in [5, 5.41) is 13.1. The van der Waals surface area contributed by atoms with Crippen molar-refractivity contribution in [3.8, 4) is 6.07 Å². The maximum absolute atomic E-state index is 8.96. The molecular weight excluding hydrogens is 290 g/mol. The van der Waals surface area contributed by atoms with Crippen LogP contribution in [0.25, 0.3) is 10.2 Å². The van der Waals surface area contributed by atoms with Gasteiger partial charge >= 0.3 is 0 Å². The van der Waals surface area contributed by atoms with E-state index in [1.807, 2.05) is 12.1 Å². The molecular formula is C18H17N3S. The van der Waals surface area contributed by atoms with Crippen LogP contribution in [0.4, 0.5) is 5.13 Å². The van der Waals surface area contributed by atoms with Gasteiger partial charge in [0.2, 0.25) is 0 Å². The van der Waals surface area contributed by atoms with Crippen LogP contribution in [0.15, 0.2) is 54.3 Å². The van der Waals surface area contributed by atoms with E-state index in [4.69, 9.17) is 5.26 Å². The average Bonchev–Trinajstić information content (AvgIpc) is 2.95. The maximum atomic E-state index is 8.96. The smallest absolute Gasteiger partial charge is 0.188 e. The number of nitrogens with zero attached hydrogens (tertiary/aromatic N) is 2. The zero-order valence-electron chi connectivity index (χ0n) is 12.5. The van der Waals surface area contributed by atoms with Crippen molar-refractivity contribution >= 4 is 26.7 Å². The minimum absolute atomic E-state index is 0.248. The maximum Gasteiger partial charge on any atom is 0.188 e. The van der Waals surface area contributed by atoms with Crippen LogP contribution in [0, 0.1) is 17.2 Å². The molecule has 1 N–H and O–H groups in total. The van der Waals surface area contributed by atoms with E-state index in [-0.39, 0.29) is 5.92 Å². The van der Waals surface area contributed by atoms with E-state index >= 15 is 0 Å². The van der Waals surface area contributed by atoms with E-state index in [1.165, 1.54) is 5.57 Å². The van der Waals surface area contributed by atoms with Gasteiger partial charge in [0.25, 0.3) is 0 Å². The lowest BCUT2D eigenvalue weighted by molar-refractivity contribution is 0.810. The van der Waals surface area contributed by atoms with E-state index < -0.39 is 0 Å². The van der Waals surface area contributed by atoms with Crippen LogP contribution < -0.4 is 5.32 Å². The SMILES string of the molecule is C=C(Nc1nc2ccc(C#N)cc2s1)C(C)C1=CCCC=C1. The molecule has 0 saturated heterocycles. The Hall–Kier alpha value is -2.38. The van der Waals surface area contributed by atoms with Crippen molar-refractivity contribution in [2.45, 2.75) is 19.8 Å². The minimum Gasteiger partial charge on any atom is -0.335 e. The van der Waals surface area contributed by atoms with E-state index in [2.05, 4.69) is 48.1 Å². The molecule has 0 spiro atoms. The van der Waals surface area contributed by atoms with Crippen LogP contribution >= 0.6 is 11.3 Å². The third kappa shape index (κ3) is 2.95. The molecule has 1 heterocycles. The second kappa shape index (κ2) is 6.17. The quantitative estimate of drug-likeness (QED) is 0.864. The zero-order valence-corrected chi connectivity index (χ0v) is 13.3. The lowest BCUT2D eigenvalue weighted by atomic mass is 9.93. The molecule has 1 unspecified atom stereocenters. The average molecular weight is 307 g/mol. The number of aromatic nitrogens is 1. The highest BCUT2D eigenvalue weighted by molar-refractivity contribution is 7.22. The molecule has 110 valence electrons. The van der Waals surface area contributed by atoms with Crippen LogP contribution in [-0.2, 0) is 0 Å². The lowest BCUT2D eigenvalue weighted by Crippen LogP contribution is -2.10. The van der Waals surface area contributed by atoms with E-state index in [9.17, 15) is 0 Å². The predicted octanol–water partition coefficient (Wildman–Crippen LogP) is 5.01. The molecule has 0 radical (unpaired) electrons. The van der Waals surface area contributed by atoms with Crippen molar-refractivity contribution in [3.63, 3.8) is 0 Å². The molecule has 3 rings (SSSR count). The number of hydrogen-bond acceptors (Lipinski definition) is 4. The first-order valence-corrected chi connectivity index (χ1v) is 8.12. The number of fused-ring (bicyclic) bond motifs is 1. The molecule has 2 aromatic rings. The number of nitrogens with one attached hydrogen (secondary N) is 1. The molecule has 0 fully saturated rings. The van der Waals surface area contributed by atoms with Crippen molar-refractivity contribution in [1.82, 2.24) is 4.98 Å². The van der Waals surface area contributed by atoms with Gasteiger partial charge in [0.05, 0.1) is 21.8 Å². The van der Waals surface area contributed by atoms with E-state index in [0.29, 0.717) is 5.56 Å². The van der Waals surface area contributed by atoms with Crippen molar-refractivity contribution in [2.75, 3.05) is 5.32 Å². The minimum atomic E-state index is 0.248. The Morgan fingerprint density at radius 1 is 1.45 bits per heavy atom. The number of thiazole rings is 1. The fraction of sp³-hybridized carbons (Fsp3) is 0.222. The normalized spacial score (nSPS) is 15.2. The van der Waals surface area contributed by atoms with Gasteiger partial charge in [0, 0.05) is 11.6 Å². The number of nitriles is 1. The highest BCUT2D eigenvalue weighted by Crippen LogP contribution is 2.30. The fourth-order valence-electron chi connectivity index (χ4n) is 2.45. The second-order valence-corrected chi connectivity index (χ2v) is 6.40. The summed E-state index contributed by atoms with van der Waals surface area (Å²) in [6.07, 6.45) is 8.88. The van der Waals surface area contributed by atoms with Gasteiger partial charge in [-0.1, -0.05) is 43.1 Å². The van der Waals surface area contributed by atoms with Crippen LogP contribution in [0.5, 0.6) is 0 Å². The molecule has 22 heavy (non-hydrogen) atoms. The molecule has 0 saturated carbocycles. The summed E-state index contributed by atoms with van der Waals surface area (Å²) in [7, 11) is 0. The first kappa shape index (κ1) is 14.6.